The van der Waals surface area contributed by atoms with Crippen LogP contribution in [0.3, 0.4) is 0 Å². The van der Waals surface area contributed by atoms with E-state index >= 15 is 0 Å². The van der Waals surface area contributed by atoms with Crippen LogP contribution in [-0.2, 0) is 16.1 Å². The fourth-order valence-electron chi connectivity index (χ4n) is 3.69. The van der Waals surface area contributed by atoms with Crippen molar-refractivity contribution >= 4 is 18.0 Å². The van der Waals surface area contributed by atoms with Crippen LogP contribution in [0, 0.1) is 0 Å². The Morgan fingerprint density at radius 1 is 1.16 bits per heavy atom. The van der Waals surface area contributed by atoms with Crippen molar-refractivity contribution in [1.82, 2.24) is 9.88 Å². The van der Waals surface area contributed by atoms with Crippen molar-refractivity contribution in [2.45, 2.75) is 58.8 Å². The van der Waals surface area contributed by atoms with Gasteiger partial charge in [-0.1, -0.05) is 36.4 Å². The minimum Gasteiger partial charge on any atom is -0.445 e. The zero-order valence-electron chi connectivity index (χ0n) is 18.7. The van der Waals surface area contributed by atoms with Crippen LogP contribution in [0.15, 0.2) is 48.7 Å². The van der Waals surface area contributed by atoms with Gasteiger partial charge >= 0.3 is 12.2 Å². The summed E-state index contributed by atoms with van der Waals surface area (Å²) in [5, 5.41) is 0. The van der Waals surface area contributed by atoms with E-state index in [1.54, 1.807) is 11.1 Å². The molecule has 1 aromatic carbocycles. The summed E-state index contributed by atoms with van der Waals surface area (Å²) in [4.78, 5) is 33.4. The van der Waals surface area contributed by atoms with Gasteiger partial charge in [0.1, 0.15) is 18.0 Å². The van der Waals surface area contributed by atoms with Crippen LogP contribution in [0.1, 0.15) is 57.7 Å². The third-order valence-corrected chi connectivity index (χ3v) is 5.05. The highest BCUT2D eigenvalue weighted by Gasteiger charge is 2.35. The number of rotatable bonds is 5. The summed E-state index contributed by atoms with van der Waals surface area (Å²) in [6.07, 6.45) is 2.48. The number of likely N-dealkylation sites (tertiary alicyclic amines) is 1. The quantitative estimate of drug-likeness (QED) is 0.649. The summed E-state index contributed by atoms with van der Waals surface area (Å²) in [6, 6.07) is 13.1. The summed E-state index contributed by atoms with van der Waals surface area (Å²) in [6.45, 7) is 8.61. The molecule has 0 bridgehead atoms. The molecule has 1 atom stereocenters. The molecule has 0 unspecified atom stereocenters. The van der Waals surface area contributed by atoms with Gasteiger partial charge in [-0.05, 0) is 52.2 Å². The van der Waals surface area contributed by atoms with Crippen molar-refractivity contribution in [3.8, 4) is 0 Å². The van der Waals surface area contributed by atoms with Crippen LogP contribution in [0.25, 0.3) is 0 Å². The second-order valence-corrected chi connectivity index (χ2v) is 8.53. The van der Waals surface area contributed by atoms with Crippen molar-refractivity contribution in [2.24, 2.45) is 0 Å². The van der Waals surface area contributed by atoms with Crippen molar-refractivity contribution in [1.29, 1.82) is 0 Å². The molecule has 0 spiro atoms. The van der Waals surface area contributed by atoms with Gasteiger partial charge in [0.25, 0.3) is 0 Å². The lowest BCUT2D eigenvalue weighted by Crippen LogP contribution is -2.39. The Bertz CT molecular complexity index is 895. The number of anilines is 1. The Hall–Kier alpha value is -3.09. The summed E-state index contributed by atoms with van der Waals surface area (Å²) in [7, 11) is 0. The summed E-state index contributed by atoms with van der Waals surface area (Å²) in [5.41, 5.74) is 1.15. The van der Waals surface area contributed by atoms with E-state index in [0.717, 1.165) is 24.0 Å². The lowest BCUT2D eigenvalue weighted by Gasteiger charge is -2.30. The molecule has 2 amide bonds. The summed E-state index contributed by atoms with van der Waals surface area (Å²) in [5.74, 6) is 0.520. The van der Waals surface area contributed by atoms with Gasteiger partial charge in [0.2, 0.25) is 0 Å². The number of amides is 2. The Balaban J connectivity index is 1.79. The fourth-order valence-corrected chi connectivity index (χ4v) is 3.69. The number of nitrogens with zero attached hydrogens (tertiary/aromatic N) is 3. The first-order valence-electron chi connectivity index (χ1n) is 10.7. The number of benzene rings is 1. The van der Waals surface area contributed by atoms with E-state index in [0.29, 0.717) is 18.9 Å². The van der Waals surface area contributed by atoms with Gasteiger partial charge in [-0.15, -0.1) is 0 Å². The van der Waals surface area contributed by atoms with Gasteiger partial charge in [0, 0.05) is 24.8 Å². The first-order valence-corrected chi connectivity index (χ1v) is 10.7. The Morgan fingerprint density at radius 2 is 1.90 bits per heavy atom. The average molecular weight is 426 g/mol. The second-order valence-electron chi connectivity index (χ2n) is 8.53. The zero-order chi connectivity index (χ0) is 22.4. The number of carbonyl (C=O) groups is 2. The molecule has 0 radical (unpaired) electrons. The van der Waals surface area contributed by atoms with E-state index in [1.165, 1.54) is 4.90 Å². The zero-order valence-corrected chi connectivity index (χ0v) is 18.7. The Labute approximate surface area is 184 Å². The summed E-state index contributed by atoms with van der Waals surface area (Å²) < 4.78 is 11.1. The molecule has 7 heteroatoms. The number of hydrogen-bond donors (Lipinski definition) is 0. The summed E-state index contributed by atoms with van der Waals surface area (Å²) >= 11 is 0. The van der Waals surface area contributed by atoms with Gasteiger partial charge < -0.3 is 14.4 Å². The molecule has 0 aliphatic carbocycles. The van der Waals surface area contributed by atoms with E-state index in [9.17, 15) is 9.59 Å². The largest absolute Gasteiger partial charge is 0.445 e. The normalized spacial score (nSPS) is 16.1. The van der Waals surface area contributed by atoms with Gasteiger partial charge in [0.15, 0.2) is 0 Å². The second kappa shape index (κ2) is 9.81. The molecule has 0 saturated carbocycles. The van der Waals surface area contributed by atoms with Gasteiger partial charge in [-0.3, -0.25) is 4.90 Å². The smallest absolute Gasteiger partial charge is 0.415 e. The monoisotopic (exact) mass is 425 g/mol. The molecule has 2 aromatic rings. The van der Waals surface area contributed by atoms with Crippen molar-refractivity contribution < 1.29 is 19.1 Å². The van der Waals surface area contributed by atoms with E-state index < -0.39 is 11.7 Å². The van der Waals surface area contributed by atoms with Crippen LogP contribution < -0.4 is 4.90 Å². The predicted molar refractivity (Wildman–Crippen MR) is 119 cm³/mol. The molecule has 1 fully saturated rings. The van der Waals surface area contributed by atoms with Crippen LogP contribution in [0.4, 0.5) is 15.4 Å². The molecule has 31 heavy (non-hydrogen) atoms. The van der Waals surface area contributed by atoms with Gasteiger partial charge in [-0.2, -0.15) is 0 Å². The SMILES string of the molecule is CCN(C(=O)OC(C)(C)C)c1ncccc1[C@@H]1CCCN1C(=O)OCc1ccccc1. The third kappa shape index (κ3) is 5.75. The maximum atomic E-state index is 12.9. The Morgan fingerprint density at radius 3 is 2.58 bits per heavy atom. The van der Waals surface area contributed by atoms with E-state index in [2.05, 4.69) is 4.98 Å². The van der Waals surface area contributed by atoms with Crippen LogP contribution >= 0.6 is 0 Å². The maximum Gasteiger partial charge on any atom is 0.415 e. The highest BCUT2D eigenvalue weighted by Crippen LogP contribution is 2.37. The average Bonchev–Trinajstić information content (AvgIpc) is 3.22. The first-order chi connectivity index (χ1) is 14.8. The molecular weight excluding hydrogens is 394 g/mol. The first kappa shape index (κ1) is 22.6. The topological polar surface area (TPSA) is 72.0 Å². The molecule has 1 aromatic heterocycles. The van der Waals surface area contributed by atoms with Crippen LogP contribution in [0.5, 0.6) is 0 Å². The fraction of sp³-hybridized carbons (Fsp3) is 0.458. The minimum absolute atomic E-state index is 0.205. The molecular formula is C24H31N3O4. The van der Waals surface area contributed by atoms with Crippen molar-refractivity contribution in [2.75, 3.05) is 18.0 Å². The molecule has 2 heterocycles. The number of aromatic nitrogens is 1. The van der Waals surface area contributed by atoms with E-state index in [1.807, 2.05) is 70.2 Å². The number of carbonyl (C=O) groups excluding carboxylic acids is 2. The number of ether oxygens (including phenoxy) is 2. The van der Waals surface area contributed by atoms with Crippen LogP contribution in [0.2, 0.25) is 0 Å². The number of pyridine rings is 1. The standard InChI is InChI=1S/C24H31N3O4/c1-5-26(23(29)31-24(2,3)4)21-19(13-9-15-25-21)20-14-10-16-27(20)22(28)30-17-18-11-7-6-8-12-18/h6-9,11-13,15,20H,5,10,14,16-17H2,1-4H3/t20-/m0/s1. The predicted octanol–water partition coefficient (Wildman–Crippen LogP) is 5.32. The third-order valence-electron chi connectivity index (χ3n) is 5.05. The molecule has 166 valence electrons. The molecule has 1 aliphatic heterocycles. The molecule has 0 N–H and O–H groups in total. The van der Waals surface area contributed by atoms with Crippen molar-refractivity contribution in [3.63, 3.8) is 0 Å². The van der Waals surface area contributed by atoms with Crippen LogP contribution in [-0.4, -0.2) is 40.8 Å². The number of hydrogen-bond acceptors (Lipinski definition) is 5. The maximum absolute atomic E-state index is 12.9. The molecule has 1 saturated heterocycles. The van der Waals surface area contributed by atoms with E-state index in [4.69, 9.17) is 9.47 Å². The highest BCUT2D eigenvalue weighted by atomic mass is 16.6. The lowest BCUT2D eigenvalue weighted by molar-refractivity contribution is 0.0580. The molecule has 1 aliphatic rings. The van der Waals surface area contributed by atoms with E-state index in [-0.39, 0.29) is 18.7 Å². The lowest BCUT2D eigenvalue weighted by atomic mass is 10.1. The van der Waals surface area contributed by atoms with Gasteiger partial charge in [0.05, 0.1) is 6.04 Å². The molecule has 7 nitrogen and oxygen atoms in total. The highest BCUT2D eigenvalue weighted by molar-refractivity contribution is 5.87. The van der Waals surface area contributed by atoms with Gasteiger partial charge in [-0.25, -0.2) is 14.6 Å². The van der Waals surface area contributed by atoms with Crippen molar-refractivity contribution in [3.05, 3.63) is 59.8 Å². The minimum atomic E-state index is -0.611. The molecule has 3 rings (SSSR count). The Kier molecular flexibility index (Phi) is 7.15.